The van der Waals surface area contributed by atoms with E-state index < -0.39 is 0 Å². The van der Waals surface area contributed by atoms with Crippen LogP contribution in [0.4, 0.5) is 10.2 Å². The molecule has 0 spiro atoms. The Morgan fingerprint density at radius 1 is 1.27 bits per heavy atom. The summed E-state index contributed by atoms with van der Waals surface area (Å²) in [5.41, 5.74) is 5.83. The van der Waals surface area contributed by atoms with Crippen molar-refractivity contribution in [1.82, 2.24) is 9.97 Å². The average molecular weight is 268 g/mol. The van der Waals surface area contributed by atoms with E-state index in [1.165, 1.54) is 6.20 Å². The molecule has 0 saturated carbocycles. The van der Waals surface area contributed by atoms with Crippen molar-refractivity contribution < 1.29 is 4.39 Å². The van der Waals surface area contributed by atoms with Gasteiger partial charge in [0, 0.05) is 6.20 Å². The average Bonchev–Trinajstić information content (AvgIpc) is 2.22. The number of halogens is 2. The molecule has 2 N–H and O–H groups in total. The normalized spacial score (nSPS) is 10.3. The number of nitrogens with zero attached hydrogens (tertiary/aromatic N) is 2. The van der Waals surface area contributed by atoms with Crippen LogP contribution in [0.15, 0.2) is 34.9 Å². The molecule has 2 rings (SSSR count). The Bertz CT molecular complexity index is 502. The molecule has 3 nitrogen and oxygen atoms in total. The first-order valence-electron chi connectivity index (χ1n) is 4.21. The summed E-state index contributed by atoms with van der Waals surface area (Å²) in [5.74, 6) is 0.219. The minimum Gasteiger partial charge on any atom is -0.384 e. The predicted octanol–water partition coefficient (Wildman–Crippen LogP) is 2.63. The summed E-state index contributed by atoms with van der Waals surface area (Å²) >= 11 is 3.10. The molecule has 1 aromatic heterocycles. The Kier molecular flexibility index (Phi) is 2.64. The molecule has 0 aliphatic heterocycles. The molecule has 0 amide bonds. The first-order valence-corrected chi connectivity index (χ1v) is 5.00. The van der Waals surface area contributed by atoms with Crippen LogP contribution in [0.5, 0.6) is 0 Å². The molecule has 0 atom stereocenters. The van der Waals surface area contributed by atoms with Crippen LogP contribution in [-0.2, 0) is 0 Å². The van der Waals surface area contributed by atoms with E-state index in [0.717, 1.165) is 0 Å². The fourth-order valence-electron chi connectivity index (χ4n) is 1.18. The molecule has 0 aliphatic carbocycles. The van der Waals surface area contributed by atoms with Gasteiger partial charge in [-0.1, -0.05) is 6.07 Å². The third-order valence-corrected chi connectivity index (χ3v) is 2.48. The molecule has 1 heterocycles. The summed E-state index contributed by atoms with van der Waals surface area (Å²) in [6.07, 6.45) is 1.50. The van der Waals surface area contributed by atoms with E-state index in [0.29, 0.717) is 15.9 Å². The lowest BCUT2D eigenvalue weighted by molar-refractivity contribution is 0.623. The topological polar surface area (TPSA) is 51.8 Å². The predicted molar refractivity (Wildman–Crippen MR) is 59.5 cm³/mol. The molecular weight excluding hydrogens is 261 g/mol. The summed E-state index contributed by atoms with van der Waals surface area (Å²) in [6, 6.07) is 6.49. The monoisotopic (exact) mass is 267 g/mol. The number of nitrogens with two attached hydrogens (primary N) is 1. The minimum atomic E-state index is -0.386. The highest BCUT2D eigenvalue weighted by Crippen LogP contribution is 2.25. The number of hydrogen-bond donors (Lipinski definition) is 1. The van der Waals surface area contributed by atoms with Gasteiger partial charge in [0.1, 0.15) is 11.6 Å². The summed E-state index contributed by atoms with van der Waals surface area (Å²) < 4.78 is 14.0. The maximum Gasteiger partial charge on any atom is 0.164 e. The third kappa shape index (κ3) is 1.97. The van der Waals surface area contributed by atoms with Gasteiger partial charge in [-0.3, -0.25) is 0 Å². The van der Waals surface area contributed by atoms with Crippen molar-refractivity contribution in [3.63, 3.8) is 0 Å². The van der Waals surface area contributed by atoms with Crippen LogP contribution in [0.1, 0.15) is 0 Å². The van der Waals surface area contributed by atoms with Gasteiger partial charge in [-0.2, -0.15) is 0 Å². The lowest BCUT2D eigenvalue weighted by atomic mass is 10.2. The van der Waals surface area contributed by atoms with E-state index in [1.807, 2.05) is 0 Å². The van der Waals surface area contributed by atoms with E-state index in [9.17, 15) is 4.39 Å². The van der Waals surface area contributed by atoms with Gasteiger partial charge >= 0.3 is 0 Å². The van der Waals surface area contributed by atoms with Gasteiger partial charge in [-0.25, -0.2) is 14.4 Å². The zero-order valence-corrected chi connectivity index (χ0v) is 9.20. The van der Waals surface area contributed by atoms with Gasteiger partial charge in [0.25, 0.3) is 0 Å². The van der Waals surface area contributed by atoms with Gasteiger partial charge in [0.2, 0.25) is 0 Å². The van der Waals surface area contributed by atoms with Crippen LogP contribution in [-0.4, -0.2) is 9.97 Å². The Balaban J connectivity index is 2.59. The zero-order chi connectivity index (χ0) is 10.8. The molecular formula is C10H7BrFN3. The Morgan fingerprint density at radius 3 is 2.80 bits per heavy atom. The van der Waals surface area contributed by atoms with Crippen LogP contribution in [0.3, 0.4) is 0 Å². The number of anilines is 1. The standard InChI is InChI=1S/C10H7BrFN3/c11-7-3-1-2-6(9(7)12)10-14-5-4-8(13)15-10/h1-5H,(H2,13,14,15). The van der Waals surface area contributed by atoms with Gasteiger partial charge < -0.3 is 5.73 Å². The lowest BCUT2D eigenvalue weighted by Crippen LogP contribution is -1.96. The van der Waals surface area contributed by atoms with Gasteiger partial charge in [-0.15, -0.1) is 0 Å². The highest BCUT2D eigenvalue weighted by atomic mass is 79.9. The molecule has 2 aromatic rings. The quantitative estimate of drug-likeness (QED) is 0.864. The smallest absolute Gasteiger partial charge is 0.164 e. The fraction of sp³-hybridized carbons (Fsp3) is 0. The molecule has 0 radical (unpaired) electrons. The SMILES string of the molecule is Nc1ccnc(-c2cccc(Br)c2F)n1. The van der Waals surface area contributed by atoms with Crippen molar-refractivity contribution in [2.24, 2.45) is 0 Å². The second-order valence-electron chi connectivity index (χ2n) is 2.91. The van der Waals surface area contributed by atoms with Crippen molar-refractivity contribution in [2.75, 3.05) is 5.73 Å². The molecule has 76 valence electrons. The second-order valence-corrected chi connectivity index (χ2v) is 3.76. The van der Waals surface area contributed by atoms with E-state index >= 15 is 0 Å². The van der Waals surface area contributed by atoms with E-state index in [1.54, 1.807) is 24.3 Å². The van der Waals surface area contributed by atoms with Crippen molar-refractivity contribution in [2.45, 2.75) is 0 Å². The molecule has 5 heteroatoms. The van der Waals surface area contributed by atoms with Crippen molar-refractivity contribution in [1.29, 1.82) is 0 Å². The van der Waals surface area contributed by atoms with Crippen LogP contribution < -0.4 is 5.73 Å². The Hall–Kier alpha value is -1.49. The first kappa shape index (κ1) is 10.0. The molecule has 15 heavy (non-hydrogen) atoms. The third-order valence-electron chi connectivity index (χ3n) is 1.87. The maximum atomic E-state index is 13.7. The van der Waals surface area contributed by atoms with Crippen LogP contribution in [0.25, 0.3) is 11.4 Å². The summed E-state index contributed by atoms with van der Waals surface area (Å²) in [4.78, 5) is 7.91. The summed E-state index contributed by atoms with van der Waals surface area (Å²) in [7, 11) is 0. The number of nitrogen functional groups attached to an aromatic ring is 1. The number of benzene rings is 1. The largest absolute Gasteiger partial charge is 0.384 e. The van der Waals surface area contributed by atoms with Gasteiger partial charge in [0.05, 0.1) is 10.0 Å². The fourth-order valence-corrected chi connectivity index (χ4v) is 1.55. The highest BCUT2D eigenvalue weighted by molar-refractivity contribution is 9.10. The molecule has 1 aromatic carbocycles. The highest BCUT2D eigenvalue weighted by Gasteiger charge is 2.10. The van der Waals surface area contributed by atoms with Crippen molar-refractivity contribution >= 4 is 21.7 Å². The number of aromatic nitrogens is 2. The molecule has 0 saturated heterocycles. The Labute approximate surface area is 94.3 Å². The molecule has 0 aliphatic rings. The van der Waals surface area contributed by atoms with Crippen molar-refractivity contribution in [3.05, 3.63) is 40.8 Å². The number of hydrogen-bond acceptors (Lipinski definition) is 3. The van der Waals surface area contributed by atoms with Crippen molar-refractivity contribution in [3.8, 4) is 11.4 Å². The molecule has 0 fully saturated rings. The lowest BCUT2D eigenvalue weighted by Gasteiger charge is -2.03. The van der Waals surface area contributed by atoms with E-state index in [-0.39, 0.29) is 11.6 Å². The van der Waals surface area contributed by atoms with E-state index in [2.05, 4.69) is 25.9 Å². The first-order chi connectivity index (χ1) is 7.18. The summed E-state index contributed by atoms with van der Waals surface area (Å²) in [6.45, 7) is 0. The van der Waals surface area contributed by atoms with Crippen LogP contribution in [0, 0.1) is 5.82 Å². The van der Waals surface area contributed by atoms with Crippen LogP contribution in [0.2, 0.25) is 0 Å². The summed E-state index contributed by atoms with van der Waals surface area (Å²) in [5, 5.41) is 0. The minimum absolute atomic E-state index is 0.286. The molecule has 0 unspecified atom stereocenters. The van der Waals surface area contributed by atoms with Gasteiger partial charge in [0.15, 0.2) is 5.82 Å². The van der Waals surface area contributed by atoms with Gasteiger partial charge in [-0.05, 0) is 34.1 Å². The molecule has 0 bridgehead atoms. The zero-order valence-electron chi connectivity index (χ0n) is 7.61. The maximum absolute atomic E-state index is 13.7. The van der Waals surface area contributed by atoms with E-state index in [4.69, 9.17) is 5.73 Å². The Morgan fingerprint density at radius 2 is 2.07 bits per heavy atom. The second kappa shape index (κ2) is 3.94. The van der Waals surface area contributed by atoms with Crippen LogP contribution >= 0.6 is 15.9 Å². The number of rotatable bonds is 1.